The monoisotopic (exact) mass is 1960 g/mol. The highest BCUT2D eigenvalue weighted by molar-refractivity contribution is 9.11. The highest BCUT2D eigenvalue weighted by Gasteiger charge is 2.48. The van der Waals surface area contributed by atoms with Gasteiger partial charge in [0.05, 0.1) is 87.3 Å². The molecule has 2 amide bonds. The van der Waals surface area contributed by atoms with Crippen LogP contribution in [0.5, 0.6) is 0 Å². The van der Waals surface area contributed by atoms with E-state index in [1.807, 2.05) is 75.3 Å². The van der Waals surface area contributed by atoms with Crippen LogP contribution in [0.15, 0.2) is 137 Å². The van der Waals surface area contributed by atoms with Crippen molar-refractivity contribution in [1.82, 2.24) is 65.6 Å². The molecule has 0 saturated carbocycles. The number of aromatic nitrogens is 10. The van der Waals surface area contributed by atoms with Gasteiger partial charge in [-0.1, -0.05) is 162 Å². The van der Waals surface area contributed by atoms with Crippen molar-refractivity contribution in [2.45, 2.75) is 269 Å². The highest BCUT2D eigenvalue weighted by Crippen LogP contribution is 2.39. The molecule has 33 heteroatoms. The van der Waals surface area contributed by atoms with Gasteiger partial charge in [0.1, 0.15) is 34.2 Å². The molecule has 0 aliphatic carbocycles. The number of aryl methyl sites for hydroxylation is 4. The van der Waals surface area contributed by atoms with E-state index in [4.69, 9.17) is 32.4 Å². The van der Waals surface area contributed by atoms with Gasteiger partial charge in [0.25, 0.3) is 0 Å². The van der Waals surface area contributed by atoms with Gasteiger partial charge in [-0.2, -0.15) is 0 Å². The number of oxime groups is 1. The lowest BCUT2D eigenvalue weighted by Gasteiger charge is -2.35. The predicted octanol–water partition coefficient (Wildman–Crippen LogP) is 22.5. The van der Waals surface area contributed by atoms with E-state index < -0.39 is 17.0 Å². The molecule has 10 aromatic heterocycles. The number of amides is 2. The maximum Gasteiger partial charge on any atom is 0.410 e. The molecule has 3 aromatic carbocycles. The van der Waals surface area contributed by atoms with Gasteiger partial charge in [-0.3, -0.25) is 14.4 Å². The average Bonchev–Trinajstić information content (AvgIpc) is 1.65. The molecule has 5 N–H and O–H groups in total. The fourth-order valence-corrected chi connectivity index (χ4v) is 20.9. The quantitative estimate of drug-likeness (QED) is 0.0314. The summed E-state index contributed by atoms with van der Waals surface area (Å²) in [5, 5.41) is 38.9. The molecule has 29 nitrogen and oxygen atoms in total. The number of halogens is 1. The second-order valence-corrected chi connectivity index (χ2v) is 42.5. The number of nitrogens with one attached hydrogen (secondary N) is 4. The first-order valence-electron chi connectivity index (χ1n) is 47.5. The number of aromatic amines is 3. The lowest BCUT2D eigenvalue weighted by molar-refractivity contribution is -0.196. The van der Waals surface area contributed by atoms with Crippen LogP contribution in [0.1, 0.15) is 266 Å². The molecule has 1 fully saturated rings. The lowest BCUT2D eigenvalue weighted by atomic mass is 9.89. The number of ether oxygens (including phenoxy) is 2. The zero-order chi connectivity index (χ0) is 95.7. The summed E-state index contributed by atoms with van der Waals surface area (Å²) < 4.78 is 32.3. The number of fused-ring (bicyclic) bond motifs is 8. The van der Waals surface area contributed by atoms with Crippen LogP contribution >= 0.6 is 49.9 Å². The number of unbranched alkanes of at least 4 members (excludes halogenated alkanes) is 3. The second kappa shape index (κ2) is 45.8. The summed E-state index contributed by atoms with van der Waals surface area (Å²) >= 11 is 7.79. The topological polar surface area (TPSA) is 361 Å². The SMILES string of the molecule is CC(C)(C)OC(=O)N1CCC2=NOC(C)(O)C2C1.CCCCC(CC(=O)c1cnc(Br)s1)Cc1c[nH]c2ccccc12.CCCCC(CC(=O)c1cnc(N2CCc3noc(C)c3C2)s1)Cc1c[nH]c2ccccc12.CCCCC(CC(=O)c1cnc(N2CCc3onc(C)c3C2)s1)Cc1c[nH]c2ccccc12.Cc1onc2c1CN(C(=O)OC(C)(C)C)CC2.Cc1onc2c1CNCC2. The molecule has 0 spiro atoms. The molecule has 13 aromatic rings. The Morgan fingerprint density at radius 1 is 0.519 bits per heavy atom. The molecular weight excluding hydrogens is 1830 g/mol. The Kier molecular flexibility index (Phi) is 33.9. The van der Waals surface area contributed by atoms with Crippen molar-refractivity contribution in [3.63, 3.8) is 0 Å². The number of ketones is 3. The zero-order valence-electron chi connectivity index (χ0n) is 80.2. The number of carbonyl (C=O) groups is 5. The van der Waals surface area contributed by atoms with Crippen molar-refractivity contribution in [2.24, 2.45) is 28.8 Å². The maximum absolute atomic E-state index is 13.2. The highest BCUT2D eigenvalue weighted by atomic mass is 79.9. The van der Waals surface area contributed by atoms with E-state index in [-0.39, 0.29) is 35.5 Å². The number of thiazole rings is 3. The van der Waals surface area contributed by atoms with E-state index in [1.54, 1.807) is 35.3 Å². The van der Waals surface area contributed by atoms with Crippen LogP contribution in [-0.4, -0.2) is 157 Å². The Hall–Kier alpha value is -11.0. The number of carbonyl (C=O) groups excluding carboxylic acids is 5. The zero-order valence-corrected chi connectivity index (χ0v) is 84.3. The number of nitrogens with zero attached hydrogens (tertiary/aromatic N) is 12. The van der Waals surface area contributed by atoms with Gasteiger partial charge < -0.3 is 77.4 Å². The molecule has 0 radical (unpaired) electrons. The Bertz CT molecular complexity index is 5990. The lowest BCUT2D eigenvalue weighted by Crippen LogP contribution is -2.51. The molecule has 5 unspecified atom stereocenters. The minimum Gasteiger partial charge on any atom is -0.444 e. The number of hydrogen-bond donors (Lipinski definition) is 5. The van der Waals surface area contributed by atoms with Crippen LogP contribution < -0.4 is 15.1 Å². The minimum absolute atomic E-state index is 0.207. The van der Waals surface area contributed by atoms with Crippen LogP contribution in [-0.2, 0) is 85.4 Å². The third kappa shape index (κ3) is 26.4. The van der Waals surface area contributed by atoms with Gasteiger partial charge in [0.2, 0.25) is 5.79 Å². The van der Waals surface area contributed by atoms with Crippen molar-refractivity contribution < 1.29 is 61.5 Å². The van der Waals surface area contributed by atoms with E-state index >= 15 is 0 Å². The Labute approximate surface area is 809 Å². The smallest absolute Gasteiger partial charge is 0.410 e. The van der Waals surface area contributed by atoms with E-state index in [0.717, 1.165) is 250 Å². The molecule has 6 aliphatic rings. The maximum atomic E-state index is 13.2. The van der Waals surface area contributed by atoms with Crippen LogP contribution in [0.4, 0.5) is 19.9 Å². The minimum atomic E-state index is -1.32. The van der Waals surface area contributed by atoms with E-state index in [9.17, 15) is 29.1 Å². The third-order valence-electron chi connectivity index (χ3n) is 25.4. The first-order valence-corrected chi connectivity index (χ1v) is 50.8. The number of aliphatic hydroxyl groups is 1. The van der Waals surface area contributed by atoms with Gasteiger partial charge in [0, 0.05) is 178 Å². The molecule has 6 aliphatic heterocycles. The summed E-state index contributed by atoms with van der Waals surface area (Å²) in [7, 11) is 0. The van der Waals surface area contributed by atoms with E-state index in [0.29, 0.717) is 69.6 Å². The number of rotatable bonds is 26. The summed E-state index contributed by atoms with van der Waals surface area (Å²) in [6.45, 7) is 34.2. The summed E-state index contributed by atoms with van der Waals surface area (Å²) in [6, 6.07) is 25.2. The van der Waals surface area contributed by atoms with Crippen LogP contribution in [0, 0.1) is 51.4 Å². The average molecular weight is 1960 g/mol. The Morgan fingerprint density at radius 2 is 0.941 bits per heavy atom. The summed E-state index contributed by atoms with van der Waals surface area (Å²) in [6.07, 6.45) is 29.5. The molecule has 0 bridgehead atoms. The summed E-state index contributed by atoms with van der Waals surface area (Å²) in [5.41, 5.74) is 15.9. The molecule has 5 atom stereocenters. The van der Waals surface area contributed by atoms with Gasteiger partial charge in [-0.25, -0.2) is 24.5 Å². The van der Waals surface area contributed by atoms with Crippen molar-refractivity contribution in [1.29, 1.82) is 0 Å². The number of anilines is 2. The van der Waals surface area contributed by atoms with Crippen molar-refractivity contribution in [2.75, 3.05) is 49.1 Å². The van der Waals surface area contributed by atoms with Crippen molar-refractivity contribution in [3.8, 4) is 0 Å². The standard InChI is InChI=1S/2C26H30N4O2S.C19H21BrN2OS.C12H20N2O4.C12H18N2O3.C7H10N2O/c1-3-4-7-18(12-19-14-27-22-9-6-5-8-20(19)22)13-23(31)25-15-28-26(33-25)30-11-10-24-21(16-30)17(2)29-32-24;1-3-4-7-18(12-19-14-27-22-9-6-5-8-20(19)22)13-24(31)25-15-28-26(33-25)30-11-10-23-21(16-30)17(2)32-29-23;1-2-3-6-13(10-17(23)18-12-22-19(20)24-18)9-14-11-21-16-8-5-4-7-15(14)16;1-11(2,3)17-10(15)14-6-5-9-8(7-14)12(4,16)18-13-9;1-8-9-7-14(6-5-10(9)13-17-8)11(15)16-12(2,3)4;1-5-6-4-8-3-2-7(6)9-10-5/h2*5-6,8-9,14-15,18,27H,3-4,7,10-13,16H2,1-2H3;4-5,7-8,11-13,21H,2-3,6,9-10H2,1H3;8,16H,5-7H2,1-4H3;5-7H2,1-4H3;8H,2-4H2,1H3. The van der Waals surface area contributed by atoms with Gasteiger partial charge >= 0.3 is 12.2 Å². The molecule has 135 heavy (non-hydrogen) atoms. The fourth-order valence-electron chi connectivity index (χ4n) is 18.0. The van der Waals surface area contributed by atoms with Crippen LogP contribution in [0.25, 0.3) is 32.7 Å². The van der Waals surface area contributed by atoms with Gasteiger partial charge in [0.15, 0.2) is 31.5 Å². The number of benzene rings is 3. The van der Waals surface area contributed by atoms with Crippen molar-refractivity contribution >= 4 is 128 Å². The number of para-hydroxylation sites is 3. The molecule has 19 rings (SSSR count). The first-order chi connectivity index (χ1) is 64.8. The largest absolute Gasteiger partial charge is 0.444 e. The molecule has 1 saturated heterocycles. The molecular formula is C102H129BrN16O13S3. The number of H-pyrrole nitrogens is 3. The van der Waals surface area contributed by atoms with Crippen LogP contribution in [0.3, 0.4) is 0 Å². The number of likely N-dealkylation sites (tertiary alicyclic amines) is 1. The first kappa shape index (κ1) is 100.0. The number of hydrogen-bond acceptors (Lipinski definition) is 27. The second-order valence-electron chi connectivity index (χ2n) is 38.1. The Balaban J connectivity index is 0.000000134. The fraction of sp³-hybridized carbons (Fsp3) is 0.500. The van der Waals surface area contributed by atoms with Gasteiger partial charge in [-0.05, 0) is 176 Å². The number of Topliss-reactive ketones (excluding diaryl/α,β-unsaturated/α-hetero) is 3. The predicted molar refractivity (Wildman–Crippen MR) is 531 cm³/mol. The molecule has 720 valence electrons. The van der Waals surface area contributed by atoms with Crippen molar-refractivity contribution in [3.05, 3.63) is 213 Å². The third-order valence-corrected chi connectivity index (χ3v) is 29.2. The summed E-state index contributed by atoms with van der Waals surface area (Å²) in [5.74, 6) is 3.67. The summed E-state index contributed by atoms with van der Waals surface area (Å²) in [4.78, 5) is 101. The Morgan fingerprint density at radius 3 is 1.41 bits per heavy atom. The van der Waals surface area contributed by atoms with Gasteiger partial charge in [-0.15, -0.1) is 11.3 Å². The molecule has 16 heterocycles. The van der Waals surface area contributed by atoms with E-state index in [1.165, 1.54) is 77.9 Å². The number of piperidine rings is 1. The van der Waals surface area contributed by atoms with Crippen LogP contribution in [0.2, 0.25) is 0 Å². The van der Waals surface area contributed by atoms with E-state index in [2.05, 4.69) is 193 Å². The normalized spacial score (nSPS) is 16.8.